The molecule has 11 heteroatoms. The van der Waals surface area contributed by atoms with E-state index in [0.29, 0.717) is 13.1 Å². The fourth-order valence-corrected chi connectivity index (χ4v) is 4.09. The standard InChI is InChI=1S/C21H21ClF3N3O4/c22-12-7-14(24)19(15(25)8-12)27-5-3-21(31,18(29)10-27)11-32-17-2-1-13(23)9-16(17)28-6-4-26-20(28)30/h1-2,7-9,18,29,31H,3-6,10-11H2,(H,26,30)/t18-,21-/m1/s1. The molecule has 4 rings (SSSR count). The lowest BCUT2D eigenvalue weighted by molar-refractivity contribution is -0.108. The summed E-state index contributed by atoms with van der Waals surface area (Å²) in [6, 6.07) is 5.18. The van der Waals surface area contributed by atoms with E-state index in [2.05, 4.69) is 5.32 Å². The molecular formula is C21H21ClF3N3O4. The van der Waals surface area contributed by atoms with E-state index in [1.54, 1.807) is 0 Å². The predicted octanol–water partition coefficient (Wildman–Crippen LogP) is 2.67. The third kappa shape index (κ3) is 4.30. The van der Waals surface area contributed by atoms with Crippen LogP contribution in [0.1, 0.15) is 6.42 Å². The number of β-amino-alcohol motifs (C(OH)–C–C–N with tert-alkyl or cyclic N) is 1. The van der Waals surface area contributed by atoms with Crippen LogP contribution in [0.2, 0.25) is 5.02 Å². The average Bonchev–Trinajstić information content (AvgIpc) is 3.15. The summed E-state index contributed by atoms with van der Waals surface area (Å²) in [5.41, 5.74) is -1.87. The normalized spacial score (nSPS) is 23.4. The number of amides is 2. The first-order valence-corrected chi connectivity index (χ1v) is 10.3. The van der Waals surface area contributed by atoms with E-state index in [9.17, 15) is 28.2 Å². The Morgan fingerprint density at radius 1 is 1.19 bits per heavy atom. The monoisotopic (exact) mass is 471 g/mol. The lowest BCUT2D eigenvalue weighted by Gasteiger charge is -2.42. The van der Waals surface area contributed by atoms with E-state index >= 15 is 0 Å². The zero-order valence-corrected chi connectivity index (χ0v) is 17.6. The molecule has 0 spiro atoms. The molecule has 2 aromatic carbocycles. The van der Waals surface area contributed by atoms with Gasteiger partial charge >= 0.3 is 6.03 Å². The van der Waals surface area contributed by atoms with Crippen LogP contribution in [-0.2, 0) is 0 Å². The molecule has 2 atom stereocenters. The van der Waals surface area contributed by atoms with E-state index in [-0.39, 0.29) is 48.3 Å². The van der Waals surface area contributed by atoms with E-state index < -0.39 is 35.2 Å². The van der Waals surface area contributed by atoms with Gasteiger partial charge in [0.05, 0.1) is 5.69 Å². The van der Waals surface area contributed by atoms with Crippen LogP contribution in [-0.4, -0.2) is 60.7 Å². The van der Waals surface area contributed by atoms with Gasteiger partial charge in [0.2, 0.25) is 0 Å². The molecule has 7 nitrogen and oxygen atoms in total. The molecule has 0 unspecified atom stereocenters. The summed E-state index contributed by atoms with van der Waals surface area (Å²) in [5, 5.41) is 24.0. The van der Waals surface area contributed by atoms with Crippen LogP contribution < -0.4 is 19.9 Å². The summed E-state index contributed by atoms with van der Waals surface area (Å²) < 4.78 is 47.9. The minimum Gasteiger partial charge on any atom is -0.488 e. The molecule has 3 N–H and O–H groups in total. The van der Waals surface area contributed by atoms with Crippen LogP contribution in [0.3, 0.4) is 0 Å². The number of carbonyl (C=O) groups is 1. The zero-order valence-electron chi connectivity index (χ0n) is 16.8. The molecule has 0 aliphatic carbocycles. The number of nitrogens with one attached hydrogen (secondary N) is 1. The third-order valence-corrected chi connectivity index (χ3v) is 5.89. The Hall–Kier alpha value is -2.69. The van der Waals surface area contributed by atoms with Crippen molar-refractivity contribution in [3.05, 3.63) is 52.8 Å². The molecule has 2 aliphatic heterocycles. The first-order chi connectivity index (χ1) is 15.2. The van der Waals surface area contributed by atoms with Crippen LogP contribution in [0, 0.1) is 17.5 Å². The minimum atomic E-state index is -1.73. The van der Waals surface area contributed by atoms with Crippen molar-refractivity contribution < 1.29 is 32.9 Å². The van der Waals surface area contributed by atoms with Gasteiger partial charge in [-0.25, -0.2) is 18.0 Å². The number of aliphatic hydroxyl groups is 2. The molecule has 32 heavy (non-hydrogen) atoms. The number of aliphatic hydroxyl groups excluding tert-OH is 1. The maximum Gasteiger partial charge on any atom is 0.322 e. The molecule has 2 fully saturated rings. The van der Waals surface area contributed by atoms with Crippen LogP contribution in [0.25, 0.3) is 0 Å². The molecule has 172 valence electrons. The number of piperidine rings is 1. The number of rotatable bonds is 5. The number of hydrogen-bond acceptors (Lipinski definition) is 5. The van der Waals surface area contributed by atoms with Crippen molar-refractivity contribution in [1.29, 1.82) is 0 Å². The molecule has 0 radical (unpaired) electrons. The minimum absolute atomic E-state index is 0.0389. The number of hydrogen-bond donors (Lipinski definition) is 3. The number of nitrogens with zero attached hydrogens (tertiary/aromatic N) is 2. The number of carbonyl (C=O) groups excluding carboxylic acids is 1. The Labute approximate surface area is 186 Å². The fourth-order valence-electron chi connectivity index (χ4n) is 3.90. The van der Waals surface area contributed by atoms with E-state index in [1.807, 2.05) is 0 Å². The van der Waals surface area contributed by atoms with E-state index in [4.69, 9.17) is 16.3 Å². The quantitative estimate of drug-likeness (QED) is 0.624. The van der Waals surface area contributed by atoms with Crippen molar-refractivity contribution in [2.24, 2.45) is 0 Å². The summed E-state index contributed by atoms with van der Waals surface area (Å²) >= 11 is 5.66. The number of urea groups is 1. The highest BCUT2D eigenvalue weighted by molar-refractivity contribution is 6.30. The number of ether oxygens (including phenoxy) is 1. The SMILES string of the molecule is O=C1NCCN1c1cc(F)ccc1OC[C@]1(O)CCN(c2c(F)cc(Cl)cc2F)C[C@H]1O. The predicted molar refractivity (Wildman–Crippen MR) is 112 cm³/mol. The summed E-state index contributed by atoms with van der Waals surface area (Å²) in [4.78, 5) is 14.6. The van der Waals surface area contributed by atoms with Gasteiger partial charge in [-0.3, -0.25) is 4.90 Å². The molecule has 0 aromatic heterocycles. The highest BCUT2D eigenvalue weighted by atomic mass is 35.5. The second-order valence-corrected chi connectivity index (χ2v) is 8.25. The summed E-state index contributed by atoms with van der Waals surface area (Å²) in [6.45, 7) is 0.128. The van der Waals surface area contributed by atoms with Crippen molar-refractivity contribution >= 4 is 29.0 Å². The van der Waals surface area contributed by atoms with Gasteiger partial charge in [-0.15, -0.1) is 0 Å². The smallest absolute Gasteiger partial charge is 0.322 e. The Bertz CT molecular complexity index is 1020. The molecule has 2 aliphatic rings. The average molecular weight is 472 g/mol. The number of benzene rings is 2. The molecule has 2 saturated heterocycles. The molecule has 2 heterocycles. The van der Waals surface area contributed by atoms with Crippen molar-refractivity contribution in [3.8, 4) is 5.75 Å². The van der Waals surface area contributed by atoms with Crippen LogP contribution in [0.4, 0.5) is 29.3 Å². The van der Waals surface area contributed by atoms with Crippen molar-refractivity contribution in [2.75, 3.05) is 42.6 Å². The van der Waals surface area contributed by atoms with Gasteiger partial charge in [-0.2, -0.15) is 0 Å². The Morgan fingerprint density at radius 2 is 1.91 bits per heavy atom. The lowest BCUT2D eigenvalue weighted by atomic mass is 9.89. The third-order valence-electron chi connectivity index (χ3n) is 5.67. The van der Waals surface area contributed by atoms with E-state index in [1.165, 1.54) is 15.9 Å². The Kier molecular flexibility index (Phi) is 6.11. The summed E-state index contributed by atoms with van der Waals surface area (Å²) in [7, 11) is 0. The van der Waals surface area contributed by atoms with Crippen LogP contribution >= 0.6 is 11.6 Å². The van der Waals surface area contributed by atoms with E-state index in [0.717, 1.165) is 24.3 Å². The van der Waals surface area contributed by atoms with Gasteiger partial charge in [-0.1, -0.05) is 11.6 Å². The highest BCUT2D eigenvalue weighted by Gasteiger charge is 2.43. The first kappa shape index (κ1) is 22.5. The second-order valence-electron chi connectivity index (χ2n) is 7.82. The van der Waals surface area contributed by atoms with Gasteiger partial charge in [-0.05, 0) is 30.7 Å². The van der Waals surface area contributed by atoms with Gasteiger partial charge < -0.3 is 25.2 Å². The highest BCUT2D eigenvalue weighted by Crippen LogP contribution is 2.35. The fraction of sp³-hybridized carbons (Fsp3) is 0.381. The first-order valence-electron chi connectivity index (χ1n) is 9.95. The van der Waals surface area contributed by atoms with Crippen molar-refractivity contribution in [1.82, 2.24) is 5.32 Å². The van der Waals surface area contributed by atoms with Crippen molar-refractivity contribution in [2.45, 2.75) is 18.1 Å². The Balaban J connectivity index is 1.48. The molecule has 0 saturated carbocycles. The zero-order chi connectivity index (χ0) is 23.0. The summed E-state index contributed by atoms with van der Waals surface area (Å²) in [5.74, 6) is -2.15. The van der Waals surface area contributed by atoms with Gasteiger partial charge in [0.15, 0.2) is 11.6 Å². The topological polar surface area (TPSA) is 85.3 Å². The number of halogens is 4. The lowest BCUT2D eigenvalue weighted by Crippen LogP contribution is -2.58. The summed E-state index contributed by atoms with van der Waals surface area (Å²) in [6.07, 6.45) is -1.46. The van der Waals surface area contributed by atoms with Gasteiger partial charge in [0.1, 0.15) is 35.6 Å². The van der Waals surface area contributed by atoms with Gasteiger partial charge in [0, 0.05) is 37.3 Å². The maximum atomic E-state index is 14.2. The molecule has 2 aromatic rings. The maximum absolute atomic E-state index is 14.2. The molecule has 0 bridgehead atoms. The molecular weight excluding hydrogens is 451 g/mol. The van der Waals surface area contributed by atoms with Crippen LogP contribution in [0.5, 0.6) is 5.75 Å². The second kappa shape index (κ2) is 8.68. The van der Waals surface area contributed by atoms with Crippen LogP contribution in [0.15, 0.2) is 30.3 Å². The van der Waals surface area contributed by atoms with Crippen molar-refractivity contribution in [3.63, 3.8) is 0 Å². The Morgan fingerprint density at radius 3 is 2.53 bits per heavy atom. The van der Waals surface area contributed by atoms with Gasteiger partial charge in [0.25, 0.3) is 0 Å². The number of anilines is 2. The molecule has 2 amide bonds. The largest absolute Gasteiger partial charge is 0.488 e.